The lowest BCUT2D eigenvalue weighted by Crippen LogP contribution is -2.48. The molecule has 95 heavy (non-hydrogen) atoms. The predicted molar refractivity (Wildman–Crippen MR) is 356 cm³/mol. The summed E-state index contributed by atoms with van der Waals surface area (Å²) in [7, 11) is 2.09. The van der Waals surface area contributed by atoms with E-state index in [1.807, 2.05) is 35.0 Å². The van der Waals surface area contributed by atoms with Gasteiger partial charge in [-0.3, -0.25) is 9.80 Å². The third kappa shape index (κ3) is 14.7. The molecule has 3 aliphatic heterocycles. The maximum atomic E-state index is 14.7. The quantitative estimate of drug-likeness (QED) is 0.0649. The first-order valence-electron chi connectivity index (χ1n) is 34.9. The van der Waals surface area contributed by atoms with Crippen molar-refractivity contribution in [3.8, 4) is 69.3 Å². The topological polar surface area (TPSA) is 289 Å². The van der Waals surface area contributed by atoms with Crippen LogP contribution < -0.4 is 17.2 Å². The first-order valence-corrected chi connectivity index (χ1v) is 31.9. The molecule has 3 unspecified atom stereocenters. The molecule has 6 aliphatic rings. The molecule has 22 nitrogen and oxygen atoms in total. The number of hydrogen-bond acceptors (Lipinski definition) is 19. The molecular formula is C70H77F3N18O4. The fraction of sp³-hybridized carbons (Fsp3) is 0.443. The number of aliphatic hydroxyl groups is 3. The first kappa shape index (κ1) is 57.4. The zero-order valence-corrected chi connectivity index (χ0v) is 52.9. The van der Waals surface area contributed by atoms with Gasteiger partial charge in [0.15, 0.2) is 17.5 Å². The number of ether oxygens (including phenoxy) is 1. The second-order valence-electron chi connectivity index (χ2n) is 25.8. The van der Waals surface area contributed by atoms with Crippen molar-refractivity contribution in [2.24, 2.45) is 11.8 Å². The number of rotatable bonds is 12. The summed E-state index contributed by atoms with van der Waals surface area (Å²) in [6, 6.07) is 6.18. The Morgan fingerprint density at radius 2 is 1.00 bits per heavy atom. The van der Waals surface area contributed by atoms with Crippen molar-refractivity contribution in [3.63, 3.8) is 0 Å². The van der Waals surface area contributed by atoms with Crippen LogP contribution in [0.5, 0.6) is 0 Å². The summed E-state index contributed by atoms with van der Waals surface area (Å²) in [4.78, 5) is 43.9. The lowest BCUT2D eigenvalue weighted by molar-refractivity contribution is 0.0369. The van der Waals surface area contributed by atoms with E-state index in [2.05, 4.69) is 105 Å². The molecule has 0 amide bonds. The Balaban J connectivity index is 0.000000136. The van der Waals surface area contributed by atoms with Crippen molar-refractivity contribution in [1.82, 2.24) is 73.3 Å². The van der Waals surface area contributed by atoms with Gasteiger partial charge in [0.05, 0.1) is 73.0 Å². The summed E-state index contributed by atoms with van der Waals surface area (Å²) in [6.07, 6.45) is 22.1. The Kier molecular flexibility index (Phi) is 15.8. The number of morpholine rings is 1. The lowest BCUT2D eigenvalue weighted by Gasteiger charge is -2.40. The number of fused-ring (bicyclic) bond motifs is 3. The number of likely N-dealkylation sites (N-methyl/N-ethyl adjacent to an activating group) is 1. The van der Waals surface area contributed by atoms with Crippen LogP contribution in [0.3, 0.4) is 0 Å². The maximum absolute atomic E-state index is 14.7. The third-order valence-corrected chi connectivity index (χ3v) is 18.3. The molecular weight excluding hydrogens is 1210 g/mol. The van der Waals surface area contributed by atoms with Gasteiger partial charge < -0.3 is 55.9 Å². The molecule has 0 spiro atoms. The summed E-state index contributed by atoms with van der Waals surface area (Å²) in [5.74, 6) is 14.9. The number of nitrogens with zero attached hydrogens (tertiary/aromatic N) is 15. The zero-order chi connectivity index (χ0) is 71.5. The number of aromatic nitrogens is 12. The molecule has 6 fully saturated rings. The second kappa shape index (κ2) is 26.2. The zero-order valence-electron chi connectivity index (χ0n) is 58.9. The number of aryl methyl sites for hydroxylation is 1. The fourth-order valence-electron chi connectivity index (χ4n) is 12.6. The summed E-state index contributed by atoms with van der Waals surface area (Å²) in [5, 5.41) is 33.6. The van der Waals surface area contributed by atoms with Crippen LogP contribution in [0.4, 0.5) is 31.0 Å². The number of hydrogen-bond donors (Lipinski definition) is 6. The highest BCUT2D eigenvalue weighted by Crippen LogP contribution is 2.42. The summed E-state index contributed by atoms with van der Waals surface area (Å²) < 4.78 is 101. The van der Waals surface area contributed by atoms with Crippen molar-refractivity contribution < 1.29 is 41.5 Å². The molecule has 9 N–H and O–H groups in total. The van der Waals surface area contributed by atoms with Crippen molar-refractivity contribution in [3.05, 3.63) is 109 Å². The lowest BCUT2D eigenvalue weighted by atomic mass is 10.0. The Morgan fingerprint density at radius 1 is 0.547 bits per heavy atom. The first-order chi connectivity index (χ1) is 48.0. The molecule has 0 radical (unpaired) electrons. The molecule has 3 saturated heterocycles. The van der Waals surface area contributed by atoms with Crippen molar-refractivity contribution in [1.29, 1.82) is 0 Å². The number of nitrogen functional groups attached to an aromatic ring is 3. The van der Waals surface area contributed by atoms with Crippen LogP contribution in [0.15, 0.2) is 74.0 Å². The Hall–Kier alpha value is -9.10. The summed E-state index contributed by atoms with van der Waals surface area (Å²) in [5.41, 5.74) is 17.4. The van der Waals surface area contributed by atoms with Crippen LogP contribution in [-0.2, 0) is 11.3 Å². The molecule has 25 heteroatoms. The molecule has 0 aromatic carbocycles. The Bertz CT molecular complexity index is 4820. The minimum absolute atomic E-state index is 0.00378. The van der Waals surface area contributed by atoms with E-state index in [9.17, 15) is 28.5 Å². The van der Waals surface area contributed by atoms with Gasteiger partial charge in [0.1, 0.15) is 51.0 Å². The van der Waals surface area contributed by atoms with Crippen LogP contribution >= 0.6 is 0 Å². The smallest absolute Gasteiger partial charge is 0.220 e. The molecule has 9 aromatic heterocycles. The third-order valence-electron chi connectivity index (χ3n) is 18.3. The van der Waals surface area contributed by atoms with Gasteiger partial charge in [-0.05, 0) is 140 Å². The van der Waals surface area contributed by atoms with E-state index >= 15 is 0 Å². The van der Waals surface area contributed by atoms with Crippen LogP contribution in [-0.4, -0.2) is 177 Å². The summed E-state index contributed by atoms with van der Waals surface area (Å²) >= 11 is 0. The highest BCUT2D eigenvalue weighted by molar-refractivity contribution is 5.98. The number of nitrogens with two attached hydrogens (primary N) is 3. The van der Waals surface area contributed by atoms with E-state index in [-0.39, 0.29) is 64.5 Å². The van der Waals surface area contributed by atoms with Gasteiger partial charge >= 0.3 is 0 Å². The average Bonchev–Trinajstić information content (AvgIpc) is 1.69. The SMILES string of the molecule is CC(O)(C#Cc1cc2c(-c3nc(N)ncc3F)cn(CCCN3CCOCC3)c2cn1)C1CC1.CN1CCC(n2cc(-c3nc(N)ncc3F)c3cc(C#CC(C)(O)C4CC4)ncc32)C1.[2H]C([2H])([2H])C(O)(C#Cc1cc2c(-c3nc(N)ncc3F)cn(C3CN(C4CC4)C3)c2cn1)C([2H])([2H])[2H]. The van der Waals surface area contributed by atoms with E-state index in [1.165, 1.54) is 25.1 Å². The largest absolute Gasteiger partial charge is 0.379 e. The second-order valence-corrected chi connectivity index (χ2v) is 25.8. The minimum atomic E-state index is -3.29. The standard InChI is InChI=1S/C25H29FN6O2.C23H25FN6O.C22H23FN6O/c1-25(33,17-3-4-17)6-5-18-13-19-20(23-21(26)14-29-24(27)30-23)16-32(22(19)15-28-18)8-2-7-31-9-11-34-12-10-31;1-23(31,14-3-4-14)7-5-15-9-17-18(21-19(24)10-27-22(25)28-21)13-30(20(17)11-26-15)16-6-8-29(2)12-16;1-22(2,30)6-5-13-7-16-17(20-18(23)8-26-21(24)27-20)12-29(19(16)9-25-13)15-10-28(11-15)14-3-4-14/h13-17,33H,2-4,7-12H2,1H3,(H2,27,29,30);9-11,13-14,16,31H,3-4,6,8,12H2,1-2H3,(H2,25,27,28);7-9,12,14-15,30H,3-4,10-11H2,1-2H3,(H2,24,26,27)/i;;1D3,2D3. The number of halogens is 3. The van der Waals surface area contributed by atoms with E-state index in [1.54, 1.807) is 32.4 Å². The highest BCUT2D eigenvalue weighted by atomic mass is 19.1. The van der Waals surface area contributed by atoms with Crippen molar-refractivity contribution >= 4 is 50.6 Å². The van der Waals surface area contributed by atoms with Crippen LogP contribution in [0.1, 0.15) is 116 Å². The van der Waals surface area contributed by atoms with Crippen LogP contribution in [0.25, 0.3) is 66.5 Å². The van der Waals surface area contributed by atoms with Crippen LogP contribution in [0, 0.1) is 64.8 Å². The molecule has 0 bridgehead atoms. The normalized spacial score (nSPS) is 20.2. The van der Waals surface area contributed by atoms with Gasteiger partial charge in [0.25, 0.3) is 0 Å². The van der Waals surface area contributed by atoms with Gasteiger partial charge in [-0.1, -0.05) is 17.8 Å². The van der Waals surface area contributed by atoms with Gasteiger partial charge in [-0.15, -0.1) is 0 Å². The summed E-state index contributed by atoms with van der Waals surface area (Å²) in [6.45, 7) is 5.63. The molecule has 15 rings (SSSR count). The van der Waals surface area contributed by atoms with Gasteiger partial charge in [0, 0.05) is 118 Å². The monoisotopic (exact) mass is 1300 g/mol. The molecule has 3 aliphatic carbocycles. The van der Waals surface area contributed by atoms with E-state index in [0.29, 0.717) is 45.0 Å². The number of likely N-dealkylation sites (tertiary alicyclic amines) is 2. The van der Waals surface area contributed by atoms with E-state index in [0.717, 1.165) is 144 Å². The van der Waals surface area contributed by atoms with Gasteiger partial charge in [-0.2, -0.15) is 0 Å². The van der Waals surface area contributed by atoms with Crippen LogP contribution in [0.2, 0.25) is 0 Å². The molecule has 3 atom stereocenters. The Morgan fingerprint density at radius 3 is 1.45 bits per heavy atom. The molecule has 12 heterocycles. The predicted octanol–water partition coefficient (Wildman–Crippen LogP) is 7.41. The number of pyridine rings is 3. The number of anilines is 3. The van der Waals surface area contributed by atoms with Crippen molar-refractivity contribution in [2.45, 2.75) is 120 Å². The molecule has 3 saturated carbocycles. The highest BCUT2D eigenvalue weighted by Gasteiger charge is 2.41. The Labute approximate surface area is 556 Å². The van der Waals surface area contributed by atoms with E-state index < -0.39 is 48.0 Å². The van der Waals surface area contributed by atoms with Crippen molar-refractivity contribution in [2.75, 3.05) is 83.3 Å². The van der Waals surface area contributed by atoms with Gasteiger partial charge in [-0.25, -0.2) is 58.0 Å². The molecule has 9 aromatic rings. The average molecular weight is 1300 g/mol. The minimum Gasteiger partial charge on any atom is -0.379 e. The fourth-order valence-corrected chi connectivity index (χ4v) is 12.6. The van der Waals surface area contributed by atoms with E-state index in [4.69, 9.17) is 30.2 Å². The maximum Gasteiger partial charge on any atom is 0.220 e. The molecule has 492 valence electrons. The van der Waals surface area contributed by atoms with Gasteiger partial charge in [0.2, 0.25) is 17.8 Å².